The zero-order chi connectivity index (χ0) is 32.6. The molecule has 0 fully saturated rings. The first kappa shape index (κ1) is 41.2. The molecule has 260 valence electrons. The summed E-state index contributed by atoms with van der Waals surface area (Å²) in [5, 5.41) is 0. The highest BCUT2D eigenvalue weighted by molar-refractivity contribution is 5.83. The summed E-state index contributed by atoms with van der Waals surface area (Å²) in [6, 6.07) is 0. The van der Waals surface area contributed by atoms with Crippen LogP contribution in [-0.4, -0.2) is 11.9 Å². The van der Waals surface area contributed by atoms with Crippen LogP contribution in [0.1, 0.15) is 194 Å². The fraction of sp³-hybridized carbons (Fsp3) is 0.805. The third kappa shape index (κ3) is 23.2. The van der Waals surface area contributed by atoms with E-state index in [4.69, 9.17) is 9.47 Å². The maximum absolute atomic E-state index is 12.9. The average Bonchev–Trinajstić information content (AvgIpc) is 3.04. The largest absolute Gasteiger partial charge is 0.435 e. The molecule has 0 aliphatic heterocycles. The van der Waals surface area contributed by atoms with Crippen molar-refractivity contribution in [2.45, 2.75) is 194 Å². The first-order chi connectivity index (χ1) is 22.1. The van der Waals surface area contributed by atoms with Gasteiger partial charge in [0.25, 0.3) is 0 Å². The molecular formula is C41H72O4. The summed E-state index contributed by atoms with van der Waals surface area (Å²) in [6.45, 7) is 6.52. The molecule has 0 saturated carbocycles. The van der Waals surface area contributed by atoms with Gasteiger partial charge in [0.05, 0.1) is 24.4 Å². The van der Waals surface area contributed by atoms with Gasteiger partial charge >= 0.3 is 11.9 Å². The summed E-state index contributed by atoms with van der Waals surface area (Å²) in [6.07, 6.45) is 45.3. The summed E-state index contributed by atoms with van der Waals surface area (Å²) in [5.74, 6) is -1.74. The van der Waals surface area contributed by atoms with Gasteiger partial charge in [0.1, 0.15) is 0 Å². The molecule has 1 rings (SSSR count). The molecule has 0 aromatic carbocycles. The lowest BCUT2D eigenvalue weighted by molar-refractivity contribution is -0.156. The second kappa shape index (κ2) is 30.8. The summed E-state index contributed by atoms with van der Waals surface area (Å²) >= 11 is 0. The lowest BCUT2D eigenvalue weighted by Gasteiger charge is -2.28. The monoisotopic (exact) mass is 629 g/mol. The van der Waals surface area contributed by atoms with E-state index in [-0.39, 0.29) is 17.9 Å². The van der Waals surface area contributed by atoms with Crippen LogP contribution in [0.4, 0.5) is 0 Å². The highest BCUT2D eigenvalue weighted by Crippen LogP contribution is 2.32. The number of carbonyl (C=O) groups excluding carboxylic acids is 2. The highest BCUT2D eigenvalue weighted by Gasteiger charge is 2.40. The molecule has 45 heavy (non-hydrogen) atoms. The van der Waals surface area contributed by atoms with Crippen molar-refractivity contribution in [3.8, 4) is 0 Å². The van der Waals surface area contributed by atoms with Crippen molar-refractivity contribution in [1.82, 2.24) is 0 Å². The highest BCUT2D eigenvalue weighted by atomic mass is 16.5. The molecule has 0 bridgehead atoms. The van der Waals surface area contributed by atoms with Gasteiger partial charge in [-0.2, -0.15) is 0 Å². The maximum Gasteiger partial charge on any atom is 0.315 e. The fourth-order valence-corrected chi connectivity index (χ4v) is 6.43. The van der Waals surface area contributed by atoms with Gasteiger partial charge in [-0.1, -0.05) is 174 Å². The van der Waals surface area contributed by atoms with Crippen LogP contribution >= 0.6 is 0 Å². The number of unbranched alkanes of at least 4 members (excludes halogenated alkanes) is 24. The minimum absolute atomic E-state index is 0.0569. The third-order valence-corrected chi connectivity index (χ3v) is 9.41. The molecule has 0 aromatic heterocycles. The van der Waals surface area contributed by atoms with Crippen molar-refractivity contribution in [2.75, 3.05) is 0 Å². The maximum atomic E-state index is 12.9. The minimum atomic E-state index is -0.511. The number of carbonyl (C=O) groups is 2. The van der Waals surface area contributed by atoms with Crippen LogP contribution in [0.2, 0.25) is 0 Å². The van der Waals surface area contributed by atoms with Gasteiger partial charge < -0.3 is 9.47 Å². The molecule has 0 saturated heterocycles. The Bertz CT molecular complexity index is 782. The third-order valence-electron chi connectivity index (χ3n) is 9.41. The van der Waals surface area contributed by atoms with Crippen LogP contribution in [0.25, 0.3) is 0 Å². The van der Waals surface area contributed by atoms with Gasteiger partial charge in [-0.05, 0) is 50.2 Å². The normalized spacial score (nSPS) is 18.2. The van der Waals surface area contributed by atoms with Crippen molar-refractivity contribution >= 4 is 11.9 Å². The predicted octanol–water partition coefficient (Wildman–Crippen LogP) is 13.1. The van der Waals surface area contributed by atoms with Gasteiger partial charge in [-0.3, -0.25) is 9.59 Å². The van der Waals surface area contributed by atoms with E-state index in [1.54, 1.807) is 0 Å². The molecule has 0 amide bonds. The molecule has 0 radical (unpaired) electrons. The summed E-state index contributed by atoms with van der Waals surface area (Å²) in [7, 11) is 0. The smallest absolute Gasteiger partial charge is 0.315 e. The zero-order valence-electron chi connectivity index (χ0n) is 29.9. The molecule has 0 spiro atoms. The molecule has 4 nitrogen and oxygen atoms in total. The average molecular weight is 629 g/mol. The van der Waals surface area contributed by atoms with E-state index in [9.17, 15) is 9.59 Å². The molecule has 0 aromatic rings. The number of hydrogen-bond donors (Lipinski definition) is 0. The van der Waals surface area contributed by atoms with E-state index < -0.39 is 11.8 Å². The first-order valence-corrected chi connectivity index (χ1v) is 19.5. The lowest BCUT2D eigenvalue weighted by atomic mass is 9.76. The first-order valence-electron chi connectivity index (χ1n) is 19.5. The Balaban J connectivity index is 2.14. The molecule has 4 heteroatoms. The number of esters is 2. The molecular weight excluding hydrogens is 556 g/mol. The van der Waals surface area contributed by atoms with Crippen LogP contribution in [0.15, 0.2) is 36.8 Å². The zero-order valence-corrected chi connectivity index (χ0v) is 29.9. The van der Waals surface area contributed by atoms with Crippen molar-refractivity contribution in [3.63, 3.8) is 0 Å². The van der Waals surface area contributed by atoms with Gasteiger partial charge in [-0.15, -0.1) is 0 Å². The topological polar surface area (TPSA) is 52.6 Å². The van der Waals surface area contributed by atoms with Gasteiger partial charge in [-0.25, -0.2) is 0 Å². The van der Waals surface area contributed by atoms with E-state index in [2.05, 4.69) is 13.8 Å². The van der Waals surface area contributed by atoms with Gasteiger partial charge in [0.15, 0.2) is 0 Å². The van der Waals surface area contributed by atoms with Gasteiger partial charge in [0, 0.05) is 0 Å². The standard InChI is InChI=1S/C41H72O4/c1-4-6-8-10-12-14-16-18-20-22-24-26-28-30-35-44-40(42)38-34-32-33-37(3)39(38)41(43)45-36-31-29-27-25-23-21-19-17-15-13-11-9-7-5-2/h30-33,35-39H,4-29,34H2,1-3H3. The van der Waals surface area contributed by atoms with E-state index in [1.165, 1.54) is 154 Å². The van der Waals surface area contributed by atoms with Crippen LogP contribution in [0.5, 0.6) is 0 Å². The predicted molar refractivity (Wildman–Crippen MR) is 192 cm³/mol. The van der Waals surface area contributed by atoms with Crippen molar-refractivity contribution in [1.29, 1.82) is 0 Å². The molecule has 3 atom stereocenters. The Morgan fingerprint density at radius 3 is 1.31 bits per heavy atom. The molecule has 1 aliphatic carbocycles. The summed E-state index contributed by atoms with van der Waals surface area (Å²) in [5.41, 5.74) is 0. The number of allylic oxidation sites excluding steroid dienone is 4. The number of rotatable bonds is 30. The lowest BCUT2D eigenvalue weighted by Crippen LogP contribution is -2.36. The van der Waals surface area contributed by atoms with Gasteiger partial charge in [0.2, 0.25) is 0 Å². The quantitative estimate of drug-likeness (QED) is 0.0344. The second-order valence-corrected chi connectivity index (χ2v) is 13.6. The van der Waals surface area contributed by atoms with Crippen molar-refractivity contribution in [2.24, 2.45) is 17.8 Å². The summed E-state index contributed by atoms with van der Waals surface area (Å²) in [4.78, 5) is 25.8. The van der Waals surface area contributed by atoms with E-state index in [1.807, 2.05) is 31.2 Å². The molecule has 0 N–H and O–H groups in total. The SMILES string of the molecule is CCCCCCCCCCCCCCC=COC(=O)C1CC=CC(C)C1C(=O)OC=CCCCCCCCCCCCCCC. The van der Waals surface area contributed by atoms with Crippen LogP contribution in [0, 0.1) is 17.8 Å². The minimum Gasteiger partial charge on any atom is -0.435 e. The Kier molecular flexibility index (Phi) is 28.2. The molecule has 1 aliphatic rings. The molecule has 0 heterocycles. The Labute approximate surface area is 279 Å². The van der Waals surface area contributed by atoms with E-state index >= 15 is 0 Å². The van der Waals surface area contributed by atoms with Crippen molar-refractivity contribution < 1.29 is 19.1 Å². The fourth-order valence-electron chi connectivity index (χ4n) is 6.43. The van der Waals surface area contributed by atoms with Crippen LogP contribution < -0.4 is 0 Å². The van der Waals surface area contributed by atoms with Crippen molar-refractivity contribution in [3.05, 3.63) is 36.8 Å². The van der Waals surface area contributed by atoms with Crippen LogP contribution in [0.3, 0.4) is 0 Å². The summed E-state index contributed by atoms with van der Waals surface area (Å²) < 4.78 is 11.0. The Hall–Kier alpha value is -1.84. The van der Waals surface area contributed by atoms with Crippen LogP contribution in [-0.2, 0) is 19.1 Å². The second-order valence-electron chi connectivity index (χ2n) is 13.6. The number of ether oxygens (including phenoxy) is 2. The van der Waals surface area contributed by atoms with E-state index in [0.717, 1.165) is 25.7 Å². The Morgan fingerprint density at radius 2 is 0.911 bits per heavy atom. The Morgan fingerprint density at radius 1 is 0.556 bits per heavy atom. The molecule has 3 unspecified atom stereocenters. The van der Waals surface area contributed by atoms with E-state index in [0.29, 0.717) is 6.42 Å². The number of hydrogen-bond acceptors (Lipinski definition) is 4.